The van der Waals surface area contributed by atoms with Gasteiger partial charge in [-0.25, -0.2) is 0 Å². The van der Waals surface area contributed by atoms with E-state index in [0.29, 0.717) is 6.61 Å². The molecule has 1 atom stereocenters. The van der Waals surface area contributed by atoms with Crippen LogP contribution in [0, 0.1) is 0 Å². The predicted molar refractivity (Wildman–Crippen MR) is 105 cm³/mol. The van der Waals surface area contributed by atoms with Gasteiger partial charge in [-0.3, -0.25) is 4.98 Å². The molecule has 2 aromatic carbocycles. The van der Waals surface area contributed by atoms with Crippen molar-refractivity contribution < 1.29 is 9.84 Å². The molecule has 0 aliphatic heterocycles. The Kier molecular flexibility index (Phi) is 5.07. The molecule has 0 aliphatic rings. The first kappa shape index (κ1) is 16.9. The van der Waals surface area contributed by atoms with Gasteiger partial charge in [0.15, 0.2) is 0 Å². The molecule has 0 bridgehead atoms. The monoisotopic (exact) mass is 361 g/mol. The van der Waals surface area contributed by atoms with Gasteiger partial charge in [0.1, 0.15) is 6.10 Å². The lowest BCUT2D eigenvalue weighted by Gasteiger charge is -2.17. The molecule has 130 valence electrons. The van der Waals surface area contributed by atoms with Crippen LogP contribution in [0.25, 0.3) is 10.1 Å². The van der Waals surface area contributed by atoms with Crippen molar-refractivity contribution in [2.45, 2.75) is 19.3 Å². The highest BCUT2D eigenvalue weighted by atomic mass is 32.1. The Morgan fingerprint density at radius 2 is 1.81 bits per heavy atom. The summed E-state index contributed by atoms with van der Waals surface area (Å²) in [4.78, 5) is 5.33. The van der Waals surface area contributed by atoms with Crippen molar-refractivity contribution in [3.05, 3.63) is 101 Å². The summed E-state index contributed by atoms with van der Waals surface area (Å²) in [5, 5.41) is 10.5. The molecule has 4 heteroatoms. The van der Waals surface area contributed by atoms with Crippen molar-refractivity contribution in [2.24, 2.45) is 0 Å². The number of fused-ring (bicyclic) bond motifs is 1. The van der Waals surface area contributed by atoms with Crippen LogP contribution in [0.4, 0.5) is 0 Å². The Morgan fingerprint density at radius 1 is 0.962 bits per heavy atom. The molecule has 0 fully saturated rings. The number of pyridine rings is 1. The highest BCUT2D eigenvalue weighted by Gasteiger charge is 2.18. The summed E-state index contributed by atoms with van der Waals surface area (Å²) < 4.78 is 7.57. The lowest BCUT2D eigenvalue weighted by Crippen LogP contribution is -2.05. The Balaban J connectivity index is 1.67. The second kappa shape index (κ2) is 7.79. The zero-order chi connectivity index (χ0) is 17.8. The molecule has 1 N–H and O–H groups in total. The topological polar surface area (TPSA) is 42.4 Å². The lowest BCUT2D eigenvalue weighted by molar-refractivity contribution is 0.0688. The molecule has 4 rings (SSSR count). The van der Waals surface area contributed by atoms with E-state index in [4.69, 9.17) is 4.74 Å². The van der Waals surface area contributed by atoms with Gasteiger partial charge in [-0.2, -0.15) is 0 Å². The summed E-state index contributed by atoms with van der Waals surface area (Å²) in [5.74, 6) is 0. The Bertz CT molecular complexity index is 947. The van der Waals surface area contributed by atoms with E-state index < -0.39 is 0 Å². The smallest absolute Gasteiger partial charge is 0.117 e. The molecule has 26 heavy (non-hydrogen) atoms. The van der Waals surface area contributed by atoms with Crippen LogP contribution >= 0.6 is 11.3 Å². The molecule has 2 heterocycles. The summed E-state index contributed by atoms with van der Waals surface area (Å²) in [6, 6.07) is 22.5. The van der Waals surface area contributed by atoms with E-state index >= 15 is 0 Å². The second-order valence-corrected chi connectivity index (χ2v) is 7.25. The standard InChI is InChI=1S/C22H19NO2S/c24-14-16-7-9-18(10-8-16)22(25-15-17-4-3-11-23-13-17)21-12-19-5-1-2-6-20(19)26-21/h1-13,22,24H,14-15H2. The number of ether oxygens (including phenoxy) is 1. The van der Waals surface area contributed by atoms with Crippen molar-refractivity contribution in [3.63, 3.8) is 0 Å². The maximum Gasteiger partial charge on any atom is 0.117 e. The highest BCUT2D eigenvalue weighted by molar-refractivity contribution is 7.19. The minimum absolute atomic E-state index is 0.0460. The van der Waals surface area contributed by atoms with Gasteiger partial charge in [-0.15, -0.1) is 11.3 Å². The average Bonchev–Trinajstić information content (AvgIpc) is 3.13. The Labute approximate surface area is 156 Å². The van der Waals surface area contributed by atoms with Crippen molar-refractivity contribution in [2.75, 3.05) is 0 Å². The van der Waals surface area contributed by atoms with Gasteiger partial charge < -0.3 is 9.84 Å². The molecule has 1 unspecified atom stereocenters. The SMILES string of the molecule is OCc1ccc(C(OCc2cccnc2)c2cc3ccccc3s2)cc1. The van der Waals surface area contributed by atoms with E-state index in [1.807, 2.05) is 42.6 Å². The summed E-state index contributed by atoms with van der Waals surface area (Å²) in [6.45, 7) is 0.541. The van der Waals surface area contributed by atoms with Crippen LogP contribution in [0.1, 0.15) is 27.7 Å². The first-order chi connectivity index (χ1) is 12.8. The van der Waals surface area contributed by atoms with Gasteiger partial charge in [0, 0.05) is 22.0 Å². The number of aliphatic hydroxyl groups is 1. The third-order valence-electron chi connectivity index (χ3n) is 4.31. The Hall–Kier alpha value is -2.53. The maximum absolute atomic E-state index is 9.30. The highest BCUT2D eigenvalue weighted by Crippen LogP contribution is 2.36. The second-order valence-electron chi connectivity index (χ2n) is 6.14. The van der Waals surface area contributed by atoms with E-state index in [9.17, 15) is 5.11 Å². The molecular formula is C22H19NO2S. The third-order valence-corrected chi connectivity index (χ3v) is 5.47. The summed E-state index contributed by atoms with van der Waals surface area (Å²) in [5.41, 5.74) is 3.03. The third kappa shape index (κ3) is 3.68. The Morgan fingerprint density at radius 3 is 2.54 bits per heavy atom. The fourth-order valence-corrected chi connectivity index (χ4v) is 4.08. The first-order valence-electron chi connectivity index (χ1n) is 8.52. The number of rotatable bonds is 6. The van der Waals surface area contributed by atoms with Crippen molar-refractivity contribution in [1.29, 1.82) is 0 Å². The quantitative estimate of drug-likeness (QED) is 0.520. The predicted octanol–water partition coefficient (Wildman–Crippen LogP) is 5.09. The van der Waals surface area contributed by atoms with Gasteiger partial charge in [0.05, 0.1) is 13.2 Å². The van der Waals surface area contributed by atoms with Crippen LogP contribution in [0.2, 0.25) is 0 Å². The molecule has 0 saturated carbocycles. The molecular weight excluding hydrogens is 342 g/mol. The number of hydrogen-bond acceptors (Lipinski definition) is 4. The molecule has 2 aromatic heterocycles. The summed E-state index contributed by atoms with van der Waals surface area (Å²) >= 11 is 1.76. The van der Waals surface area contributed by atoms with E-state index in [1.54, 1.807) is 17.5 Å². The number of thiophene rings is 1. The van der Waals surface area contributed by atoms with Crippen LogP contribution < -0.4 is 0 Å². The molecule has 0 aliphatic carbocycles. The fourth-order valence-electron chi connectivity index (χ4n) is 2.94. The fraction of sp³-hybridized carbons (Fsp3) is 0.136. The van der Waals surface area contributed by atoms with Gasteiger partial charge >= 0.3 is 0 Å². The van der Waals surface area contributed by atoms with Crippen LogP contribution in [-0.4, -0.2) is 10.1 Å². The van der Waals surface area contributed by atoms with Crippen LogP contribution in [-0.2, 0) is 18.0 Å². The van der Waals surface area contributed by atoms with E-state index in [0.717, 1.165) is 16.7 Å². The number of hydrogen-bond donors (Lipinski definition) is 1. The maximum atomic E-state index is 9.30. The van der Waals surface area contributed by atoms with Crippen molar-refractivity contribution in [1.82, 2.24) is 4.98 Å². The average molecular weight is 361 g/mol. The molecule has 0 spiro atoms. The van der Waals surface area contributed by atoms with Gasteiger partial charge in [0.25, 0.3) is 0 Å². The van der Waals surface area contributed by atoms with Crippen molar-refractivity contribution in [3.8, 4) is 0 Å². The van der Waals surface area contributed by atoms with Crippen LogP contribution in [0.5, 0.6) is 0 Å². The normalized spacial score (nSPS) is 12.3. The van der Waals surface area contributed by atoms with E-state index in [2.05, 4.69) is 35.3 Å². The zero-order valence-corrected chi connectivity index (χ0v) is 15.0. The minimum atomic E-state index is -0.152. The molecule has 0 radical (unpaired) electrons. The van der Waals surface area contributed by atoms with Gasteiger partial charge in [-0.05, 0) is 40.3 Å². The van der Waals surface area contributed by atoms with E-state index in [1.165, 1.54) is 15.0 Å². The summed E-state index contributed by atoms with van der Waals surface area (Å²) in [7, 11) is 0. The lowest BCUT2D eigenvalue weighted by atomic mass is 10.1. The number of nitrogens with zero attached hydrogens (tertiary/aromatic N) is 1. The van der Waals surface area contributed by atoms with Crippen molar-refractivity contribution >= 4 is 21.4 Å². The largest absolute Gasteiger partial charge is 0.392 e. The molecule has 0 saturated heterocycles. The number of benzene rings is 2. The number of aliphatic hydroxyl groups excluding tert-OH is 1. The first-order valence-corrected chi connectivity index (χ1v) is 9.34. The minimum Gasteiger partial charge on any atom is -0.392 e. The van der Waals surface area contributed by atoms with Gasteiger partial charge in [-0.1, -0.05) is 48.5 Å². The molecule has 4 aromatic rings. The number of aromatic nitrogens is 1. The molecule has 0 amide bonds. The van der Waals surface area contributed by atoms with Crippen LogP contribution in [0.15, 0.2) is 79.1 Å². The molecule has 3 nitrogen and oxygen atoms in total. The van der Waals surface area contributed by atoms with E-state index in [-0.39, 0.29) is 12.7 Å². The zero-order valence-electron chi connectivity index (χ0n) is 14.2. The van der Waals surface area contributed by atoms with Crippen LogP contribution in [0.3, 0.4) is 0 Å². The summed E-state index contributed by atoms with van der Waals surface area (Å²) in [6.07, 6.45) is 3.44. The van der Waals surface area contributed by atoms with Gasteiger partial charge in [0.2, 0.25) is 0 Å².